The average Bonchev–Trinajstić information content (AvgIpc) is 2.53. The zero-order chi connectivity index (χ0) is 21.3. The molecule has 2 rings (SSSR count). The van der Waals surface area contributed by atoms with Crippen LogP contribution in [-0.4, -0.2) is 60.8 Å². The Labute approximate surface area is 162 Å². The summed E-state index contributed by atoms with van der Waals surface area (Å²) in [5, 5.41) is 8.97. The van der Waals surface area contributed by atoms with Crippen molar-refractivity contribution in [3.8, 4) is 0 Å². The molecule has 1 amide bonds. The summed E-state index contributed by atoms with van der Waals surface area (Å²) < 4.78 is 45.7. The van der Waals surface area contributed by atoms with Crippen molar-refractivity contribution in [3.05, 3.63) is 23.3 Å². The van der Waals surface area contributed by atoms with Crippen LogP contribution in [0, 0.1) is 6.92 Å². The third-order valence-corrected chi connectivity index (χ3v) is 4.46. The second-order valence-electron chi connectivity index (χ2n) is 7.93. The summed E-state index contributed by atoms with van der Waals surface area (Å²) >= 11 is 0. The van der Waals surface area contributed by atoms with Gasteiger partial charge in [-0.25, -0.2) is 4.79 Å². The van der Waals surface area contributed by atoms with E-state index in [2.05, 4.69) is 0 Å². The number of hydrogen-bond acceptors (Lipinski definition) is 4. The fourth-order valence-electron chi connectivity index (χ4n) is 3.18. The number of halogens is 3. The minimum Gasteiger partial charge on any atom is -0.481 e. The fraction of sp³-hybridized carbons (Fsp3) is 0.556. The van der Waals surface area contributed by atoms with Crippen LogP contribution < -0.4 is 10.4 Å². The summed E-state index contributed by atoms with van der Waals surface area (Å²) in [6.07, 6.45) is -0.938. The van der Waals surface area contributed by atoms with E-state index in [4.69, 9.17) is 9.84 Å². The van der Waals surface area contributed by atoms with Crippen molar-refractivity contribution in [1.82, 2.24) is 4.90 Å². The minimum absolute atomic E-state index is 0.0763. The summed E-state index contributed by atoms with van der Waals surface area (Å²) in [7, 11) is 0. The monoisotopic (exact) mass is 401 g/mol. The SMILES string of the molecule is Cc1c(N2CCN(C(=O)OC(C)(C)C)CC2)cc(CC(=O)O)cc1[B-](F)(F)F. The Morgan fingerprint density at radius 1 is 1.14 bits per heavy atom. The van der Waals surface area contributed by atoms with Gasteiger partial charge in [-0.15, -0.1) is 5.46 Å². The number of benzene rings is 1. The highest BCUT2D eigenvalue weighted by atomic mass is 19.4. The molecule has 0 aliphatic carbocycles. The molecule has 28 heavy (non-hydrogen) atoms. The molecule has 1 aliphatic heterocycles. The van der Waals surface area contributed by atoms with Crippen molar-refractivity contribution in [2.75, 3.05) is 31.1 Å². The molecule has 156 valence electrons. The smallest absolute Gasteiger partial charge is 0.481 e. The van der Waals surface area contributed by atoms with Crippen molar-refractivity contribution in [3.63, 3.8) is 0 Å². The molecule has 6 nitrogen and oxygen atoms in total. The van der Waals surface area contributed by atoms with E-state index in [0.717, 1.165) is 6.07 Å². The van der Waals surface area contributed by atoms with Crippen LogP contribution in [0.2, 0.25) is 0 Å². The van der Waals surface area contributed by atoms with Gasteiger partial charge in [0.25, 0.3) is 0 Å². The first-order valence-electron chi connectivity index (χ1n) is 9.06. The number of hydrogen-bond donors (Lipinski definition) is 1. The number of piperazine rings is 1. The Hall–Kier alpha value is -2.39. The largest absolute Gasteiger partial charge is 0.509 e. The molecule has 1 aliphatic rings. The van der Waals surface area contributed by atoms with Gasteiger partial charge < -0.3 is 32.6 Å². The Bertz CT molecular complexity index is 754. The lowest BCUT2D eigenvalue weighted by Gasteiger charge is -2.38. The first-order chi connectivity index (χ1) is 12.8. The number of nitrogens with zero attached hydrogens (tertiary/aromatic N) is 2. The van der Waals surface area contributed by atoms with Crippen LogP contribution in [0.3, 0.4) is 0 Å². The van der Waals surface area contributed by atoms with Crippen LogP contribution in [-0.2, 0) is 16.0 Å². The van der Waals surface area contributed by atoms with Gasteiger partial charge in [-0.1, -0.05) is 11.6 Å². The molecule has 0 bridgehead atoms. The molecule has 1 saturated heterocycles. The molecule has 1 aromatic rings. The van der Waals surface area contributed by atoms with Crippen molar-refractivity contribution in [2.24, 2.45) is 0 Å². The Morgan fingerprint density at radius 2 is 1.71 bits per heavy atom. The van der Waals surface area contributed by atoms with E-state index in [1.54, 1.807) is 25.7 Å². The molecule has 1 N–H and O–H groups in total. The van der Waals surface area contributed by atoms with E-state index in [1.807, 2.05) is 0 Å². The first-order valence-corrected chi connectivity index (χ1v) is 9.06. The molecule has 0 saturated carbocycles. The highest BCUT2D eigenvalue weighted by Crippen LogP contribution is 2.26. The zero-order valence-corrected chi connectivity index (χ0v) is 16.5. The van der Waals surface area contributed by atoms with Gasteiger partial charge in [0.1, 0.15) is 5.60 Å². The molecule has 0 radical (unpaired) electrons. The van der Waals surface area contributed by atoms with Gasteiger partial charge in [0.15, 0.2) is 0 Å². The minimum atomic E-state index is -5.27. The van der Waals surface area contributed by atoms with Crippen molar-refractivity contribution < 1.29 is 32.4 Å². The van der Waals surface area contributed by atoms with Gasteiger partial charge in [0.2, 0.25) is 0 Å². The highest BCUT2D eigenvalue weighted by molar-refractivity contribution is 6.74. The number of amides is 1. The second-order valence-corrected chi connectivity index (χ2v) is 7.93. The molecular weight excluding hydrogens is 376 g/mol. The molecule has 0 atom stereocenters. The quantitative estimate of drug-likeness (QED) is 0.786. The number of anilines is 1. The van der Waals surface area contributed by atoms with Crippen LogP contribution in [0.1, 0.15) is 31.9 Å². The van der Waals surface area contributed by atoms with Gasteiger partial charge in [-0.2, -0.15) is 0 Å². The lowest BCUT2D eigenvalue weighted by molar-refractivity contribution is -0.136. The molecule has 0 aromatic heterocycles. The van der Waals surface area contributed by atoms with Crippen LogP contribution in [0.4, 0.5) is 23.4 Å². The van der Waals surface area contributed by atoms with E-state index in [0.29, 0.717) is 31.9 Å². The maximum atomic E-state index is 13.5. The van der Waals surface area contributed by atoms with E-state index in [1.165, 1.54) is 17.9 Å². The number of carbonyl (C=O) groups excluding carboxylic acids is 1. The summed E-state index contributed by atoms with van der Waals surface area (Å²) in [5.41, 5.74) is -0.857. The van der Waals surface area contributed by atoms with Crippen LogP contribution >= 0.6 is 0 Å². The van der Waals surface area contributed by atoms with Crippen LogP contribution in [0.5, 0.6) is 0 Å². The summed E-state index contributed by atoms with van der Waals surface area (Å²) in [6, 6.07) is 2.42. The van der Waals surface area contributed by atoms with Gasteiger partial charge in [0, 0.05) is 31.9 Å². The standard InChI is InChI=1S/C18H25BF3N2O4/c1-12-14(19(20,21)22)9-13(11-16(25)26)10-15(12)23-5-7-24(8-6-23)17(27)28-18(2,3)4/h9-10H,5-8,11H2,1-4H3,(H,25,26)/q-1. The molecule has 0 unspecified atom stereocenters. The van der Waals surface area contributed by atoms with Crippen molar-refractivity contribution in [2.45, 2.75) is 39.7 Å². The fourth-order valence-corrected chi connectivity index (χ4v) is 3.18. The predicted octanol–water partition coefficient (Wildman–Crippen LogP) is 2.73. The molecule has 1 aromatic carbocycles. The van der Waals surface area contributed by atoms with Gasteiger partial charge >= 0.3 is 19.0 Å². The van der Waals surface area contributed by atoms with E-state index in [9.17, 15) is 22.5 Å². The summed E-state index contributed by atoms with van der Waals surface area (Å²) in [6.45, 7) is 2.70. The Kier molecular flexibility index (Phi) is 6.20. The lowest BCUT2D eigenvalue weighted by Crippen LogP contribution is -2.50. The third-order valence-electron chi connectivity index (χ3n) is 4.46. The van der Waals surface area contributed by atoms with Crippen LogP contribution in [0.25, 0.3) is 0 Å². The number of rotatable bonds is 4. The Balaban J connectivity index is 2.24. The number of carbonyl (C=O) groups is 2. The van der Waals surface area contributed by atoms with Gasteiger partial charge in [-0.3, -0.25) is 4.79 Å². The number of aliphatic carboxylic acids is 1. The zero-order valence-electron chi connectivity index (χ0n) is 16.5. The average molecular weight is 401 g/mol. The predicted molar refractivity (Wildman–Crippen MR) is 101 cm³/mol. The van der Waals surface area contributed by atoms with E-state index < -0.39 is 36.5 Å². The number of carboxylic acids is 1. The maximum Gasteiger partial charge on any atom is 0.509 e. The van der Waals surface area contributed by atoms with Crippen molar-refractivity contribution >= 4 is 30.2 Å². The van der Waals surface area contributed by atoms with Gasteiger partial charge in [-0.05, 0) is 39.3 Å². The van der Waals surface area contributed by atoms with Crippen LogP contribution in [0.15, 0.2) is 12.1 Å². The van der Waals surface area contributed by atoms with Gasteiger partial charge in [0.05, 0.1) is 6.42 Å². The molecule has 10 heteroatoms. The highest BCUT2D eigenvalue weighted by Gasteiger charge is 2.31. The lowest BCUT2D eigenvalue weighted by atomic mass is 9.75. The number of ether oxygens (including phenoxy) is 1. The molecule has 1 fully saturated rings. The summed E-state index contributed by atoms with van der Waals surface area (Å²) in [5.74, 6) is -1.19. The Morgan fingerprint density at radius 3 is 2.18 bits per heavy atom. The second kappa shape index (κ2) is 7.93. The molecule has 0 spiro atoms. The maximum absolute atomic E-state index is 13.5. The van der Waals surface area contributed by atoms with E-state index >= 15 is 0 Å². The third kappa shape index (κ3) is 5.56. The first kappa shape index (κ1) is 21.9. The molecule has 1 heterocycles. The molecular formula is C18H25BF3N2O4-. The summed E-state index contributed by atoms with van der Waals surface area (Å²) in [4.78, 5) is 26.4. The number of carboxylic acid groups (broad SMARTS) is 1. The van der Waals surface area contributed by atoms with Crippen molar-refractivity contribution in [1.29, 1.82) is 0 Å². The topological polar surface area (TPSA) is 70.1 Å². The van der Waals surface area contributed by atoms with E-state index in [-0.39, 0.29) is 11.1 Å². The normalized spacial score (nSPS) is 15.5.